The molecular weight excluding hydrogens is 350 g/mol. The van der Waals surface area contributed by atoms with E-state index in [4.69, 9.17) is 4.42 Å². The van der Waals surface area contributed by atoms with Crippen molar-refractivity contribution >= 4 is 17.2 Å². The van der Waals surface area contributed by atoms with Gasteiger partial charge in [0, 0.05) is 4.88 Å². The van der Waals surface area contributed by atoms with Crippen molar-refractivity contribution < 1.29 is 9.21 Å². The van der Waals surface area contributed by atoms with Crippen LogP contribution in [0.1, 0.15) is 21.1 Å². The second-order valence-corrected chi connectivity index (χ2v) is 6.63. The summed E-state index contributed by atoms with van der Waals surface area (Å²) in [5.74, 6) is 0.445. The number of benzene rings is 1. The third kappa shape index (κ3) is 3.27. The lowest BCUT2D eigenvalue weighted by molar-refractivity contribution is 0.0946. The molecule has 1 amide bonds. The maximum atomic E-state index is 12.3. The lowest BCUT2D eigenvalue weighted by Gasteiger charge is -2.01. The molecular formula is C18H15N5O2S. The minimum absolute atomic E-state index is 0.266. The van der Waals surface area contributed by atoms with Crippen LogP contribution in [-0.4, -0.2) is 25.9 Å². The van der Waals surface area contributed by atoms with Crippen molar-refractivity contribution in [2.24, 2.45) is 0 Å². The summed E-state index contributed by atoms with van der Waals surface area (Å²) in [6, 6.07) is 13.1. The van der Waals surface area contributed by atoms with Crippen molar-refractivity contribution in [3.8, 4) is 16.5 Å². The summed E-state index contributed by atoms with van der Waals surface area (Å²) in [5, 5.41) is 12.0. The molecule has 0 saturated carbocycles. The molecule has 0 aliphatic heterocycles. The SMILES string of the molecule is Cc1nc(-c2ccco2)sc1CNC(=O)c1cnn(-c2ccccc2)n1. The number of nitrogens with zero attached hydrogens (tertiary/aromatic N) is 4. The first-order chi connectivity index (χ1) is 12.7. The zero-order valence-corrected chi connectivity index (χ0v) is 14.7. The lowest BCUT2D eigenvalue weighted by atomic mass is 10.3. The molecule has 130 valence electrons. The molecule has 3 aromatic heterocycles. The highest BCUT2D eigenvalue weighted by molar-refractivity contribution is 7.15. The van der Waals surface area contributed by atoms with Crippen molar-refractivity contribution in [1.29, 1.82) is 0 Å². The second kappa shape index (κ2) is 6.93. The van der Waals surface area contributed by atoms with Gasteiger partial charge in [0.05, 0.1) is 30.4 Å². The van der Waals surface area contributed by atoms with Crippen LogP contribution in [0.25, 0.3) is 16.5 Å². The Morgan fingerprint density at radius 1 is 1.23 bits per heavy atom. The Morgan fingerprint density at radius 3 is 2.85 bits per heavy atom. The summed E-state index contributed by atoms with van der Waals surface area (Å²) in [6.45, 7) is 2.29. The molecule has 0 saturated heterocycles. The Labute approximate surface area is 153 Å². The first kappa shape index (κ1) is 16.2. The van der Waals surface area contributed by atoms with Gasteiger partial charge < -0.3 is 9.73 Å². The number of thiazole rings is 1. The van der Waals surface area contributed by atoms with E-state index in [1.54, 1.807) is 6.26 Å². The maximum absolute atomic E-state index is 12.3. The molecule has 0 bridgehead atoms. The molecule has 0 aliphatic carbocycles. The third-order valence-electron chi connectivity index (χ3n) is 3.75. The minimum atomic E-state index is -0.278. The number of rotatable bonds is 5. The van der Waals surface area contributed by atoms with Gasteiger partial charge >= 0.3 is 0 Å². The molecule has 0 aliphatic rings. The van der Waals surface area contributed by atoms with Gasteiger partial charge in [-0.1, -0.05) is 18.2 Å². The number of hydrogen-bond donors (Lipinski definition) is 1. The van der Waals surface area contributed by atoms with E-state index in [0.29, 0.717) is 6.54 Å². The molecule has 0 unspecified atom stereocenters. The van der Waals surface area contributed by atoms with Gasteiger partial charge in [-0.15, -0.1) is 16.4 Å². The van der Waals surface area contributed by atoms with Crippen molar-refractivity contribution in [2.75, 3.05) is 0 Å². The molecule has 4 aromatic rings. The molecule has 0 atom stereocenters. The maximum Gasteiger partial charge on any atom is 0.273 e. The van der Waals surface area contributed by atoms with Crippen LogP contribution < -0.4 is 5.32 Å². The molecule has 3 heterocycles. The van der Waals surface area contributed by atoms with Crippen LogP contribution in [0.15, 0.2) is 59.3 Å². The molecule has 0 radical (unpaired) electrons. The molecule has 8 heteroatoms. The van der Waals surface area contributed by atoms with E-state index in [1.807, 2.05) is 49.4 Å². The van der Waals surface area contributed by atoms with Gasteiger partial charge in [-0.05, 0) is 31.2 Å². The number of aromatic nitrogens is 4. The molecule has 7 nitrogen and oxygen atoms in total. The van der Waals surface area contributed by atoms with Crippen LogP contribution in [0.4, 0.5) is 0 Å². The van der Waals surface area contributed by atoms with E-state index < -0.39 is 0 Å². The van der Waals surface area contributed by atoms with E-state index >= 15 is 0 Å². The van der Waals surface area contributed by atoms with E-state index in [0.717, 1.165) is 27.0 Å². The van der Waals surface area contributed by atoms with Crippen molar-refractivity contribution in [3.63, 3.8) is 0 Å². The summed E-state index contributed by atoms with van der Waals surface area (Å²) in [6.07, 6.45) is 3.07. The Balaban J connectivity index is 1.44. The van der Waals surface area contributed by atoms with Gasteiger partial charge in [0.1, 0.15) is 0 Å². The quantitative estimate of drug-likeness (QED) is 0.587. The summed E-state index contributed by atoms with van der Waals surface area (Å²) >= 11 is 1.50. The van der Waals surface area contributed by atoms with Crippen molar-refractivity contribution in [1.82, 2.24) is 25.3 Å². The monoisotopic (exact) mass is 365 g/mol. The van der Waals surface area contributed by atoms with Gasteiger partial charge in [0.2, 0.25) is 0 Å². The van der Waals surface area contributed by atoms with Gasteiger partial charge in [-0.2, -0.15) is 9.90 Å². The molecule has 0 spiro atoms. The number of amides is 1. The van der Waals surface area contributed by atoms with Gasteiger partial charge in [-0.3, -0.25) is 4.79 Å². The fraction of sp³-hybridized carbons (Fsp3) is 0.111. The zero-order chi connectivity index (χ0) is 17.9. The predicted octanol–water partition coefficient (Wildman–Crippen LogP) is 3.22. The lowest BCUT2D eigenvalue weighted by Crippen LogP contribution is -2.23. The highest BCUT2D eigenvalue weighted by Gasteiger charge is 2.15. The normalized spacial score (nSPS) is 10.8. The van der Waals surface area contributed by atoms with Crippen LogP contribution >= 0.6 is 11.3 Å². The Morgan fingerprint density at radius 2 is 2.08 bits per heavy atom. The summed E-state index contributed by atoms with van der Waals surface area (Å²) in [5.41, 5.74) is 1.94. The van der Waals surface area contributed by atoms with Gasteiger partial charge in [-0.25, -0.2) is 4.98 Å². The largest absolute Gasteiger partial charge is 0.462 e. The van der Waals surface area contributed by atoms with Crippen molar-refractivity contribution in [3.05, 3.63) is 71.2 Å². The smallest absolute Gasteiger partial charge is 0.273 e. The number of nitrogens with one attached hydrogen (secondary N) is 1. The first-order valence-corrected chi connectivity index (χ1v) is 8.78. The predicted molar refractivity (Wildman–Crippen MR) is 97.1 cm³/mol. The Kier molecular flexibility index (Phi) is 4.32. The van der Waals surface area contributed by atoms with Gasteiger partial charge in [0.15, 0.2) is 16.5 Å². The minimum Gasteiger partial charge on any atom is -0.462 e. The van der Waals surface area contributed by atoms with E-state index in [9.17, 15) is 4.79 Å². The fourth-order valence-electron chi connectivity index (χ4n) is 2.40. The van der Waals surface area contributed by atoms with Crippen LogP contribution in [-0.2, 0) is 6.54 Å². The zero-order valence-electron chi connectivity index (χ0n) is 13.9. The summed E-state index contributed by atoms with van der Waals surface area (Å²) < 4.78 is 5.37. The Hall–Kier alpha value is -3.26. The van der Waals surface area contributed by atoms with E-state index in [-0.39, 0.29) is 11.6 Å². The second-order valence-electron chi connectivity index (χ2n) is 5.54. The number of carbonyl (C=O) groups is 1. The number of para-hydroxylation sites is 1. The first-order valence-electron chi connectivity index (χ1n) is 7.97. The number of aryl methyl sites for hydroxylation is 1. The van der Waals surface area contributed by atoms with Crippen LogP contribution in [0, 0.1) is 6.92 Å². The summed E-state index contributed by atoms with van der Waals surface area (Å²) in [7, 11) is 0. The highest BCUT2D eigenvalue weighted by Crippen LogP contribution is 2.28. The topological polar surface area (TPSA) is 85.8 Å². The van der Waals surface area contributed by atoms with E-state index in [1.165, 1.54) is 22.3 Å². The van der Waals surface area contributed by atoms with E-state index in [2.05, 4.69) is 20.5 Å². The van der Waals surface area contributed by atoms with Crippen molar-refractivity contribution in [2.45, 2.75) is 13.5 Å². The Bertz CT molecular complexity index is 1020. The standard InChI is InChI=1S/C18H15N5O2S/c1-12-16(26-18(21-12)15-8-5-9-25-15)11-19-17(24)14-10-20-23(22-14)13-6-3-2-4-7-13/h2-10H,11H2,1H3,(H,19,24). The number of furan rings is 1. The summed E-state index contributed by atoms with van der Waals surface area (Å²) in [4.78, 5) is 19.2. The average molecular weight is 365 g/mol. The van der Waals surface area contributed by atoms with Crippen LogP contribution in [0.5, 0.6) is 0 Å². The molecule has 0 fully saturated rings. The van der Waals surface area contributed by atoms with Crippen LogP contribution in [0.3, 0.4) is 0 Å². The van der Waals surface area contributed by atoms with Gasteiger partial charge in [0.25, 0.3) is 5.91 Å². The molecule has 1 aromatic carbocycles. The number of carbonyl (C=O) groups excluding carboxylic acids is 1. The molecule has 4 rings (SSSR count). The molecule has 26 heavy (non-hydrogen) atoms. The fourth-order valence-corrected chi connectivity index (χ4v) is 3.37. The number of hydrogen-bond acceptors (Lipinski definition) is 6. The average Bonchev–Trinajstić information content (AvgIpc) is 3.41. The third-order valence-corrected chi connectivity index (χ3v) is 4.92. The van der Waals surface area contributed by atoms with Crippen LogP contribution in [0.2, 0.25) is 0 Å². The molecule has 1 N–H and O–H groups in total. The highest BCUT2D eigenvalue weighted by atomic mass is 32.1.